The second-order valence-electron chi connectivity index (χ2n) is 5.11. The minimum Gasteiger partial charge on any atom is -0.504 e. The number of halogens is 1. The van der Waals surface area contributed by atoms with Crippen molar-refractivity contribution in [1.82, 2.24) is 5.43 Å². The van der Waals surface area contributed by atoms with Gasteiger partial charge in [0.05, 0.1) is 16.9 Å². The van der Waals surface area contributed by atoms with Crippen molar-refractivity contribution in [2.24, 2.45) is 5.10 Å². The largest absolute Gasteiger partial charge is 0.504 e. The van der Waals surface area contributed by atoms with Crippen LogP contribution in [-0.4, -0.2) is 37.6 Å². The number of hydrogen-bond donors (Lipinski definition) is 2. The fourth-order valence-electron chi connectivity index (χ4n) is 2.24. The van der Waals surface area contributed by atoms with Crippen molar-refractivity contribution < 1.29 is 24.1 Å². The lowest BCUT2D eigenvalue weighted by molar-refractivity contribution is 0.0954. The van der Waals surface area contributed by atoms with Crippen LogP contribution in [0.3, 0.4) is 0 Å². The Morgan fingerprint density at radius 3 is 2.80 bits per heavy atom. The van der Waals surface area contributed by atoms with Crippen LogP contribution in [0.4, 0.5) is 0 Å². The van der Waals surface area contributed by atoms with E-state index >= 15 is 0 Å². The molecule has 1 heterocycles. The third-order valence-electron chi connectivity index (χ3n) is 3.45. The number of hydrazone groups is 1. The lowest BCUT2D eigenvalue weighted by atomic mass is 10.2. The first-order chi connectivity index (χ1) is 12.1. The highest BCUT2D eigenvalue weighted by molar-refractivity contribution is 14.1. The zero-order valence-electron chi connectivity index (χ0n) is 13.3. The Balaban J connectivity index is 1.70. The van der Waals surface area contributed by atoms with Crippen LogP contribution < -0.4 is 19.6 Å². The number of benzene rings is 2. The van der Waals surface area contributed by atoms with Crippen molar-refractivity contribution in [3.05, 3.63) is 45.0 Å². The van der Waals surface area contributed by atoms with Gasteiger partial charge in [0.15, 0.2) is 23.0 Å². The van der Waals surface area contributed by atoms with Gasteiger partial charge in [-0.3, -0.25) is 4.79 Å². The predicted molar refractivity (Wildman–Crippen MR) is 99.9 cm³/mol. The highest BCUT2D eigenvalue weighted by Gasteiger charge is 2.14. The molecule has 0 aliphatic carbocycles. The van der Waals surface area contributed by atoms with Crippen molar-refractivity contribution >= 4 is 34.7 Å². The normalized spacial score (nSPS) is 12.9. The minimum absolute atomic E-state index is 0.0700. The van der Waals surface area contributed by atoms with Gasteiger partial charge in [-0.15, -0.1) is 0 Å². The predicted octanol–water partition coefficient (Wildman–Crippen LogP) is 2.54. The standard InChI is InChI=1S/C17H15IN2O5/c1-23-15-7-10(6-12(18)16(15)21)9-19-20-17(22)11-2-3-13-14(8-11)25-5-4-24-13/h2-3,6-9,21H,4-5H2,1H3,(H,20,22)/b19-9-. The highest BCUT2D eigenvalue weighted by atomic mass is 127. The highest BCUT2D eigenvalue weighted by Crippen LogP contribution is 2.32. The van der Waals surface area contributed by atoms with Crippen molar-refractivity contribution in [2.75, 3.05) is 20.3 Å². The number of hydrogen-bond acceptors (Lipinski definition) is 6. The first-order valence-electron chi connectivity index (χ1n) is 7.38. The second-order valence-corrected chi connectivity index (χ2v) is 6.27. The van der Waals surface area contributed by atoms with Gasteiger partial charge in [0.25, 0.3) is 5.91 Å². The second kappa shape index (κ2) is 7.60. The van der Waals surface area contributed by atoms with Crippen molar-refractivity contribution in [1.29, 1.82) is 0 Å². The number of phenols is 1. The summed E-state index contributed by atoms with van der Waals surface area (Å²) >= 11 is 1.99. The van der Waals surface area contributed by atoms with Gasteiger partial charge in [0, 0.05) is 5.56 Å². The Morgan fingerprint density at radius 2 is 2.04 bits per heavy atom. The van der Waals surface area contributed by atoms with E-state index in [2.05, 4.69) is 10.5 Å². The van der Waals surface area contributed by atoms with Crippen molar-refractivity contribution in [2.45, 2.75) is 0 Å². The third-order valence-corrected chi connectivity index (χ3v) is 4.28. The molecule has 1 aliphatic heterocycles. The van der Waals surface area contributed by atoms with Crippen LogP contribution in [0.25, 0.3) is 0 Å². The number of carbonyl (C=O) groups is 1. The lowest BCUT2D eigenvalue weighted by Gasteiger charge is -2.18. The molecule has 2 N–H and O–H groups in total. The van der Waals surface area contributed by atoms with E-state index in [0.717, 1.165) is 0 Å². The molecule has 25 heavy (non-hydrogen) atoms. The number of ether oxygens (including phenoxy) is 3. The lowest BCUT2D eigenvalue weighted by Crippen LogP contribution is -2.19. The molecule has 130 valence electrons. The van der Waals surface area contributed by atoms with E-state index in [4.69, 9.17) is 14.2 Å². The molecule has 1 aliphatic rings. The van der Waals surface area contributed by atoms with Gasteiger partial charge in [0.1, 0.15) is 13.2 Å². The average Bonchev–Trinajstić information content (AvgIpc) is 2.63. The van der Waals surface area contributed by atoms with E-state index in [9.17, 15) is 9.90 Å². The van der Waals surface area contributed by atoms with E-state index in [1.807, 2.05) is 22.6 Å². The van der Waals surface area contributed by atoms with Crippen LogP contribution in [0.2, 0.25) is 0 Å². The first kappa shape index (κ1) is 17.3. The topological polar surface area (TPSA) is 89.4 Å². The molecule has 0 bridgehead atoms. The number of nitrogens with zero attached hydrogens (tertiary/aromatic N) is 1. The maximum absolute atomic E-state index is 12.2. The van der Waals surface area contributed by atoms with Gasteiger partial charge in [-0.25, -0.2) is 5.43 Å². The third kappa shape index (κ3) is 3.95. The number of phenolic OH excluding ortho intramolecular Hbond substituents is 1. The minimum atomic E-state index is -0.367. The average molecular weight is 454 g/mol. The fourth-order valence-corrected chi connectivity index (χ4v) is 2.86. The van der Waals surface area contributed by atoms with Crippen LogP contribution >= 0.6 is 22.6 Å². The van der Waals surface area contributed by atoms with E-state index in [1.54, 1.807) is 30.3 Å². The number of amides is 1. The smallest absolute Gasteiger partial charge is 0.271 e. The Hall–Kier alpha value is -2.49. The summed E-state index contributed by atoms with van der Waals surface area (Å²) < 4.78 is 16.6. The quantitative estimate of drug-likeness (QED) is 0.421. The van der Waals surface area contributed by atoms with Crippen LogP contribution in [0.5, 0.6) is 23.0 Å². The van der Waals surface area contributed by atoms with Crippen molar-refractivity contribution in [3.8, 4) is 23.0 Å². The van der Waals surface area contributed by atoms with Crippen LogP contribution in [0.1, 0.15) is 15.9 Å². The molecule has 0 aromatic heterocycles. The van der Waals surface area contributed by atoms with Crippen molar-refractivity contribution in [3.63, 3.8) is 0 Å². The zero-order valence-corrected chi connectivity index (χ0v) is 15.4. The summed E-state index contributed by atoms with van der Waals surface area (Å²) in [6, 6.07) is 8.30. The number of methoxy groups -OCH3 is 1. The van der Waals surface area contributed by atoms with Crippen LogP contribution in [0.15, 0.2) is 35.4 Å². The maximum Gasteiger partial charge on any atom is 0.271 e. The number of rotatable bonds is 4. The molecule has 7 nitrogen and oxygen atoms in total. The Labute approximate surface area is 157 Å². The molecule has 3 rings (SSSR count). The molecule has 0 fully saturated rings. The monoisotopic (exact) mass is 454 g/mol. The zero-order chi connectivity index (χ0) is 17.8. The molecule has 2 aromatic carbocycles. The molecular formula is C17H15IN2O5. The first-order valence-corrected chi connectivity index (χ1v) is 8.46. The molecule has 1 amide bonds. The fraction of sp³-hybridized carbons (Fsp3) is 0.176. The summed E-state index contributed by atoms with van der Waals surface area (Å²) in [5.41, 5.74) is 3.55. The molecule has 0 radical (unpaired) electrons. The molecular weight excluding hydrogens is 439 g/mol. The molecule has 0 saturated heterocycles. The maximum atomic E-state index is 12.2. The van der Waals surface area contributed by atoms with Gasteiger partial charge in [-0.1, -0.05) is 0 Å². The molecule has 0 atom stereocenters. The Bertz CT molecular complexity index is 838. The summed E-state index contributed by atoms with van der Waals surface area (Å²) in [6.45, 7) is 0.954. The van der Waals surface area contributed by atoms with Gasteiger partial charge in [-0.2, -0.15) is 5.10 Å². The van der Waals surface area contributed by atoms with Crippen LogP contribution in [-0.2, 0) is 0 Å². The number of fused-ring (bicyclic) bond motifs is 1. The summed E-state index contributed by atoms with van der Waals surface area (Å²) in [5.74, 6) is 1.21. The molecule has 2 aromatic rings. The summed E-state index contributed by atoms with van der Waals surface area (Å²) in [6.07, 6.45) is 1.47. The van der Waals surface area contributed by atoms with E-state index in [1.165, 1.54) is 13.3 Å². The van der Waals surface area contributed by atoms with E-state index in [-0.39, 0.29) is 11.7 Å². The van der Waals surface area contributed by atoms with Gasteiger partial charge < -0.3 is 19.3 Å². The summed E-state index contributed by atoms with van der Waals surface area (Å²) in [4.78, 5) is 12.2. The molecule has 8 heteroatoms. The summed E-state index contributed by atoms with van der Waals surface area (Å²) in [5, 5.41) is 13.8. The molecule has 0 unspecified atom stereocenters. The van der Waals surface area contributed by atoms with Gasteiger partial charge in [-0.05, 0) is 58.5 Å². The summed E-state index contributed by atoms with van der Waals surface area (Å²) in [7, 11) is 1.47. The van der Waals surface area contributed by atoms with Crippen LogP contribution in [0, 0.1) is 3.57 Å². The Morgan fingerprint density at radius 1 is 1.28 bits per heavy atom. The SMILES string of the molecule is COc1cc(/C=N\NC(=O)c2ccc3c(c2)OCCO3)cc(I)c1O. The van der Waals surface area contributed by atoms with Gasteiger partial charge in [0.2, 0.25) is 0 Å². The molecule has 0 saturated carbocycles. The van der Waals surface area contributed by atoms with E-state index < -0.39 is 0 Å². The number of nitrogens with one attached hydrogen (secondary N) is 1. The van der Waals surface area contributed by atoms with E-state index in [0.29, 0.717) is 45.2 Å². The number of aromatic hydroxyl groups is 1. The van der Waals surface area contributed by atoms with Gasteiger partial charge >= 0.3 is 0 Å². The number of carbonyl (C=O) groups excluding carboxylic acids is 1. The molecule has 0 spiro atoms. The Kier molecular flexibility index (Phi) is 5.27.